The first kappa shape index (κ1) is 30.4. The lowest BCUT2D eigenvalue weighted by atomic mass is 10.2. The standard InChI is InChI=1S/C30H39NO7/c1-4-7-12-21-35-24-17-15-23(16-18-24)29(33)31-25-13-10-11-14-26(25)38-27(30(34)37-20-9-6-3)22-28(32)36-19-8-5-2/h10-11,13-18,22H,4-9,12,19-21H2,1-3H3,(H,31,33)/b27-22+. The zero-order valence-electron chi connectivity index (χ0n) is 22.6. The average Bonchev–Trinajstić information content (AvgIpc) is 2.92. The Hall–Kier alpha value is -3.81. The molecule has 8 nitrogen and oxygen atoms in total. The van der Waals surface area contributed by atoms with Crippen molar-refractivity contribution in [3.8, 4) is 11.5 Å². The van der Waals surface area contributed by atoms with Crippen LogP contribution in [0, 0.1) is 0 Å². The molecule has 2 aromatic carbocycles. The van der Waals surface area contributed by atoms with Crippen molar-refractivity contribution < 1.29 is 33.3 Å². The van der Waals surface area contributed by atoms with Crippen molar-refractivity contribution in [2.45, 2.75) is 65.7 Å². The molecular weight excluding hydrogens is 486 g/mol. The Morgan fingerprint density at radius 1 is 0.763 bits per heavy atom. The lowest BCUT2D eigenvalue weighted by Gasteiger charge is -2.14. The van der Waals surface area contributed by atoms with Crippen molar-refractivity contribution >= 4 is 23.5 Å². The molecule has 38 heavy (non-hydrogen) atoms. The van der Waals surface area contributed by atoms with Crippen LogP contribution in [0.5, 0.6) is 11.5 Å². The van der Waals surface area contributed by atoms with Crippen molar-refractivity contribution in [3.63, 3.8) is 0 Å². The van der Waals surface area contributed by atoms with Crippen LogP contribution in [0.4, 0.5) is 5.69 Å². The highest BCUT2D eigenvalue weighted by atomic mass is 16.6. The van der Waals surface area contributed by atoms with E-state index in [1.807, 2.05) is 13.8 Å². The van der Waals surface area contributed by atoms with E-state index < -0.39 is 11.9 Å². The number of amides is 1. The van der Waals surface area contributed by atoms with Crippen LogP contribution in [0.2, 0.25) is 0 Å². The van der Waals surface area contributed by atoms with Crippen LogP contribution < -0.4 is 14.8 Å². The third-order valence-electron chi connectivity index (χ3n) is 5.41. The molecular formula is C30H39NO7. The van der Waals surface area contributed by atoms with Crippen molar-refractivity contribution in [2.24, 2.45) is 0 Å². The number of para-hydroxylation sites is 2. The molecule has 0 aliphatic rings. The summed E-state index contributed by atoms with van der Waals surface area (Å²) in [5.41, 5.74) is 0.749. The van der Waals surface area contributed by atoms with Crippen LogP contribution in [0.1, 0.15) is 76.1 Å². The van der Waals surface area contributed by atoms with E-state index in [4.69, 9.17) is 18.9 Å². The molecule has 0 spiro atoms. The summed E-state index contributed by atoms with van der Waals surface area (Å²) in [4.78, 5) is 37.8. The Bertz CT molecular complexity index is 1050. The fourth-order valence-electron chi connectivity index (χ4n) is 3.19. The van der Waals surface area contributed by atoms with Gasteiger partial charge in [0.1, 0.15) is 5.75 Å². The van der Waals surface area contributed by atoms with Crippen LogP contribution in [-0.4, -0.2) is 37.7 Å². The number of hydrogen-bond acceptors (Lipinski definition) is 7. The first-order chi connectivity index (χ1) is 18.5. The van der Waals surface area contributed by atoms with E-state index in [0.717, 1.165) is 38.2 Å². The number of benzene rings is 2. The van der Waals surface area contributed by atoms with E-state index in [1.54, 1.807) is 48.5 Å². The number of carbonyl (C=O) groups excluding carboxylic acids is 3. The van der Waals surface area contributed by atoms with Crippen LogP contribution in [0.25, 0.3) is 0 Å². The van der Waals surface area contributed by atoms with Crippen molar-refractivity contribution in [1.82, 2.24) is 0 Å². The monoisotopic (exact) mass is 525 g/mol. The van der Waals surface area contributed by atoms with Gasteiger partial charge in [-0.05, 0) is 55.7 Å². The van der Waals surface area contributed by atoms with Gasteiger partial charge in [0, 0.05) is 5.56 Å². The Morgan fingerprint density at radius 3 is 2.11 bits per heavy atom. The third kappa shape index (κ3) is 11.1. The summed E-state index contributed by atoms with van der Waals surface area (Å²) in [6.07, 6.45) is 7.26. The summed E-state index contributed by atoms with van der Waals surface area (Å²) in [5, 5.41) is 2.80. The van der Waals surface area contributed by atoms with E-state index in [9.17, 15) is 14.4 Å². The molecule has 0 heterocycles. The van der Waals surface area contributed by atoms with Gasteiger partial charge in [0.15, 0.2) is 5.75 Å². The molecule has 8 heteroatoms. The van der Waals surface area contributed by atoms with Crippen LogP contribution in [-0.2, 0) is 19.1 Å². The van der Waals surface area contributed by atoms with Gasteiger partial charge in [-0.25, -0.2) is 9.59 Å². The number of hydrogen-bond donors (Lipinski definition) is 1. The summed E-state index contributed by atoms with van der Waals surface area (Å²) in [5.74, 6) is -1.32. The number of rotatable bonds is 17. The number of carbonyl (C=O) groups is 3. The van der Waals surface area contributed by atoms with E-state index in [2.05, 4.69) is 12.2 Å². The Labute approximate surface area is 225 Å². The maximum Gasteiger partial charge on any atom is 0.374 e. The first-order valence-corrected chi connectivity index (χ1v) is 13.3. The molecule has 1 N–H and O–H groups in total. The SMILES string of the molecule is CCCCCOc1ccc(C(=O)Nc2ccccc2O/C(=C/C(=O)OCCCC)C(=O)OCCCC)cc1. The highest BCUT2D eigenvalue weighted by Gasteiger charge is 2.19. The Balaban J connectivity index is 2.13. The molecule has 0 fully saturated rings. The molecule has 0 atom stereocenters. The largest absolute Gasteiger partial charge is 0.494 e. The summed E-state index contributed by atoms with van der Waals surface area (Å²) in [6, 6.07) is 13.5. The lowest BCUT2D eigenvalue weighted by Crippen LogP contribution is -2.18. The maximum atomic E-state index is 12.9. The van der Waals surface area contributed by atoms with Gasteiger partial charge in [0.05, 0.1) is 31.6 Å². The van der Waals surface area contributed by atoms with E-state index in [1.165, 1.54) is 0 Å². The van der Waals surface area contributed by atoms with Crippen LogP contribution >= 0.6 is 0 Å². The summed E-state index contributed by atoms with van der Waals surface area (Å²) in [7, 11) is 0. The van der Waals surface area contributed by atoms with E-state index in [0.29, 0.717) is 36.4 Å². The molecule has 1 amide bonds. The van der Waals surface area contributed by atoms with Gasteiger partial charge in [-0.1, -0.05) is 58.6 Å². The summed E-state index contributed by atoms with van der Waals surface area (Å²) in [6.45, 7) is 7.14. The second kappa shape index (κ2) is 17.6. The zero-order chi connectivity index (χ0) is 27.6. The molecule has 2 rings (SSSR count). The minimum Gasteiger partial charge on any atom is -0.494 e. The predicted molar refractivity (Wildman–Crippen MR) is 146 cm³/mol. The van der Waals surface area contributed by atoms with Crippen molar-refractivity contribution in [2.75, 3.05) is 25.1 Å². The van der Waals surface area contributed by atoms with Gasteiger partial charge >= 0.3 is 11.9 Å². The second-order valence-corrected chi connectivity index (χ2v) is 8.65. The molecule has 0 unspecified atom stereocenters. The van der Waals surface area contributed by atoms with Gasteiger partial charge in [-0.2, -0.15) is 0 Å². The van der Waals surface area contributed by atoms with Gasteiger partial charge in [0.2, 0.25) is 5.76 Å². The van der Waals surface area contributed by atoms with Crippen LogP contribution in [0.3, 0.4) is 0 Å². The van der Waals surface area contributed by atoms with Crippen molar-refractivity contribution in [3.05, 3.63) is 65.9 Å². The van der Waals surface area contributed by atoms with Gasteiger partial charge in [0.25, 0.3) is 5.91 Å². The predicted octanol–water partition coefficient (Wildman–Crippen LogP) is 6.46. The summed E-state index contributed by atoms with van der Waals surface area (Å²) < 4.78 is 21.9. The minimum atomic E-state index is -0.790. The second-order valence-electron chi connectivity index (χ2n) is 8.65. The molecule has 0 aliphatic heterocycles. The highest BCUT2D eigenvalue weighted by molar-refractivity contribution is 6.05. The number of esters is 2. The highest BCUT2D eigenvalue weighted by Crippen LogP contribution is 2.27. The number of anilines is 1. The van der Waals surface area contributed by atoms with E-state index >= 15 is 0 Å². The Kier molecular flexibility index (Phi) is 14.1. The summed E-state index contributed by atoms with van der Waals surface area (Å²) >= 11 is 0. The van der Waals surface area contributed by atoms with E-state index in [-0.39, 0.29) is 30.6 Å². The normalized spacial score (nSPS) is 11.0. The van der Waals surface area contributed by atoms with Crippen molar-refractivity contribution in [1.29, 1.82) is 0 Å². The molecule has 0 aliphatic carbocycles. The number of unbranched alkanes of at least 4 members (excludes halogenated alkanes) is 4. The fraction of sp³-hybridized carbons (Fsp3) is 0.433. The van der Waals surface area contributed by atoms with Gasteiger partial charge in [-0.15, -0.1) is 0 Å². The molecule has 0 aromatic heterocycles. The Morgan fingerprint density at radius 2 is 1.42 bits per heavy atom. The lowest BCUT2D eigenvalue weighted by molar-refractivity contribution is -0.143. The maximum absolute atomic E-state index is 12.9. The first-order valence-electron chi connectivity index (χ1n) is 13.3. The minimum absolute atomic E-state index is 0.178. The molecule has 0 saturated carbocycles. The molecule has 0 radical (unpaired) electrons. The average molecular weight is 526 g/mol. The topological polar surface area (TPSA) is 100 Å². The zero-order valence-corrected chi connectivity index (χ0v) is 22.6. The van der Waals surface area contributed by atoms with Gasteiger partial charge < -0.3 is 24.3 Å². The number of nitrogens with one attached hydrogen (secondary N) is 1. The fourth-order valence-corrected chi connectivity index (χ4v) is 3.19. The molecule has 206 valence electrons. The molecule has 2 aromatic rings. The number of ether oxygens (including phenoxy) is 4. The van der Waals surface area contributed by atoms with Crippen LogP contribution in [0.15, 0.2) is 60.4 Å². The smallest absolute Gasteiger partial charge is 0.374 e. The quantitative estimate of drug-likeness (QED) is 0.110. The molecule has 0 saturated heterocycles. The third-order valence-corrected chi connectivity index (χ3v) is 5.41. The molecule has 0 bridgehead atoms. The van der Waals surface area contributed by atoms with Gasteiger partial charge in [-0.3, -0.25) is 4.79 Å².